The van der Waals surface area contributed by atoms with E-state index in [4.69, 9.17) is 23.2 Å². The number of carbonyl (C=O) groups is 1. The molecule has 0 aliphatic carbocycles. The number of hydrogen-bond donors (Lipinski definition) is 1. The van der Waals surface area contributed by atoms with E-state index >= 15 is 0 Å². The van der Waals surface area contributed by atoms with Gasteiger partial charge in [-0.1, -0.05) is 23.2 Å². The first kappa shape index (κ1) is 16.2. The molecule has 5 nitrogen and oxygen atoms in total. The number of amides is 1. The van der Waals surface area contributed by atoms with Crippen molar-refractivity contribution < 1.29 is 9.72 Å². The van der Waals surface area contributed by atoms with Gasteiger partial charge in [-0.2, -0.15) is 0 Å². The normalized spacial score (nSPS) is 10.4. The van der Waals surface area contributed by atoms with Crippen molar-refractivity contribution in [1.82, 2.24) is 5.32 Å². The Balaban J connectivity index is 2.20. The topological polar surface area (TPSA) is 72.2 Å². The van der Waals surface area contributed by atoms with Crippen LogP contribution in [0.3, 0.4) is 0 Å². The predicted octanol–water partition coefficient (Wildman–Crippen LogP) is 4.66. The number of nitro groups is 1. The fourth-order valence-corrected chi connectivity index (χ4v) is 3.38. The first-order valence-corrected chi connectivity index (χ1v) is 7.96. The Bertz CT molecular complexity index is 721. The van der Waals surface area contributed by atoms with Crippen molar-refractivity contribution >= 4 is 62.1 Å². The molecule has 0 atom stereocenters. The Labute approximate surface area is 142 Å². The second-order valence-corrected chi connectivity index (χ2v) is 6.56. The number of carbonyl (C=O) groups excluding carboxylic acids is 1. The Kier molecular flexibility index (Phi) is 5.21. The van der Waals surface area contributed by atoms with Gasteiger partial charge in [0.1, 0.15) is 5.02 Å². The van der Waals surface area contributed by atoms with Gasteiger partial charge in [-0.15, -0.1) is 11.3 Å². The van der Waals surface area contributed by atoms with Crippen LogP contribution in [-0.2, 0) is 6.54 Å². The van der Waals surface area contributed by atoms with Crippen LogP contribution in [0.15, 0.2) is 28.1 Å². The number of thiophene rings is 1. The van der Waals surface area contributed by atoms with Gasteiger partial charge >= 0.3 is 0 Å². The van der Waals surface area contributed by atoms with Gasteiger partial charge in [-0.3, -0.25) is 14.9 Å². The van der Waals surface area contributed by atoms with Crippen LogP contribution in [0.1, 0.15) is 15.2 Å². The van der Waals surface area contributed by atoms with Crippen LogP contribution >= 0.6 is 50.5 Å². The molecule has 9 heteroatoms. The number of hydrogen-bond acceptors (Lipinski definition) is 4. The molecule has 0 fully saturated rings. The monoisotopic (exact) mass is 408 g/mol. The third kappa shape index (κ3) is 3.74. The highest BCUT2D eigenvalue weighted by atomic mass is 79.9. The van der Waals surface area contributed by atoms with Crippen LogP contribution in [0, 0.1) is 10.1 Å². The summed E-state index contributed by atoms with van der Waals surface area (Å²) >= 11 is 16.4. The maximum absolute atomic E-state index is 12.0. The lowest BCUT2D eigenvalue weighted by atomic mass is 10.2. The van der Waals surface area contributed by atoms with Gasteiger partial charge in [-0.25, -0.2) is 0 Å². The first-order chi connectivity index (χ1) is 9.90. The molecule has 0 unspecified atom stereocenters. The molecule has 0 spiro atoms. The van der Waals surface area contributed by atoms with Gasteiger partial charge in [0.15, 0.2) is 0 Å². The molecule has 1 amide bonds. The molecule has 21 heavy (non-hydrogen) atoms. The van der Waals surface area contributed by atoms with Crippen LogP contribution in [0.4, 0.5) is 5.69 Å². The number of nitrogens with zero attached hydrogens (tertiary/aromatic N) is 1. The van der Waals surface area contributed by atoms with Crippen molar-refractivity contribution in [1.29, 1.82) is 0 Å². The molecule has 1 N–H and O–H groups in total. The fourth-order valence-electron chi connectivity index (χ4n) is 1.55. The molecule has 0 aliphatic rings. The molecule has 1 aromatic carbocycles. The Morgan fingerprint density at radius 1 is 1.43 bits per heavy atom. The van der Waals surface area contributed by atoms with E-state index in [0.717, 1.165) is 15.4 Å². The fraction of sp³-hybridized carbons (Fsp3) is 0.0833. The SMILES string of the molecule is O=C(NCc1sccc1Br)c1cc(Cl)c(Cl)c([N+](=O)[O-])c1. The predicted molar refractivity (Wildman–Crippen MR) is 86.3 cm³/mol. The van der Waals surface area contributed by atoms with E-state index in [1.54, 1.807) is 0 Å². The van der Waals surface area contributed by atoms with Gasteiger partial charge in [0.05, 0.1) is 16.5 Å². The molecule has 0 radical (unpaired) electrons. The molecule has 1 heterocycles. The summed E-state index contributed by atoms with van der Waals surface area (Å²) in [5.74, 6) is -0.461. The third-order valence-electron chi connectivity index (χ3n) is 2.57. The Morgan fingerprint density at radius 3 is 2.71 bits per heavy atom. The van der Waals surface area contributed by atoms with Crippen molar-refractivity contribution in [3.05, 3.63) is 58.7 Å². The quantitative estimate of drug-likeness (QED) is 0.589. The number of nitrogens with one attached hydrogen (secondary N) is 1. The molecule has 0 saturated carbocycles. The van der Waals surface area contributed by atoms with Crippen molar-refractivity contribution in [3.8, 4) is 0 Å². The maximum Gasteiger partial charge on any atom is 0.290 e. The van der Waals surface area contributed by atoms with E-state index in [2.05, 4.69) is 21.2 Å². The number of benzene rings is 1. The van der Waals surface area contributed by atoms with Gasteiger partial charge in [0, 0.05) is 21.0 Å². The molecule has 0 bridgehead atoms. The summed E-state index contributed by atoms with van der Waals surface area (Å²) in [6.45, 7) is 0.311. The number of halogens is 3. The number of nitro benzene ring substituents is 1. The molecular formula is C12H7BrCl2N2O3S. The minimum Gasteiger partial charge on any atom is -0.347 e. The lowest BCUT2D eigenvalue weighted by Gasteiger charge is -2.06. The first-order valence-electron chi connectivity index (χ1n) is 5.53. The number of rotatable bonds is 4. The highest BCUT2D eigenvalue weighted by Crippen LogP contribution is 2.33. The van der Waals surface area contributed by atoms with Crippen LogP contribution in [-0.4, -0.2) is 10.8 Å². The van der Waals surface area contributed by atoms with Gasteiger partial charge in [0.2, 0.25) is 0 Å². The van der Waals surface area contributed by atoms with Gasteiger partial charge in [0.25, 0.3) is 11.6 Å². The second-order valence-electron chi connectivity index (χ2n) is 3.92. The summed E-state index contributed by atoms with van der Waals surface area (Å²) in [5.41, 5.74) is -0.310. The van der Waals surface area contributed by atoms with Crippen LogP contribution < -0.4 is 5.32 Å². The Morgan fingerprint density at radius 2 is 2.14 bits per heavy atom. The highest BCUT2D eigenvalue weighted by molar-refractivity contribution is 9.10. The highest BCUT2D eigenvalue weighted by Gasteiger charge is 2.20. The van der Waals surface area contributed by atoms with Crippen molar-refractivity contribution in [2.75, 3.05) is 0 Å². The van der Waals surface area contributed by atoms with Crippen molar-refractivity contribution in [2.45, 2.75) is 6.54 Å². The zero-order valence-corrected chi connectivity index (χ0v) is 14.1. The van der Waals surface area contributed by atoms with Gasteiger partial charge in [-0.05, 0) is 33.4 Å². The Hall–Kier alpha value is -1.15. The summed E-state index contributed by atoms with van der Waals surface area (Å²) in [6.07, 6.45) is 0. The molecule has 2 aromatic rings. The summed E-state index contributed by atoms with van der Waals surface area (Å²) in [5, 5.41) is 15.2. The summed E-state index contributed by atoms with van der Waals surface area (Å²) in [4.78, 5) is 23.2. The van der Waals surface area contributed by atoms with E-state index in [0.29, 0.717) is 6.54 Å². The third-order valence-corrected chi connectivity index (χ3v) is 5.29. The van der Waals surface area contributed by atoms with Crippen LogP contribution in [0.2, 0.25) is 10.0 Å². The minimum atomic E-state index is -0.680. The average molecular weight is 410 g/mol. The zero-order valence-electron chi connectivity index (χ0n) is 10.2. The van der Waals surface area contributed by atoms with E-state index < -0.39 is 16.5 Å². The van der Waals surface area contributed by atoms with Crippen LogP contribution in [0.25, 0.3) is 0 Å². The maximum atomic E-state index is 12.0. The molecule has 110 valence electrons. The minimum absolute atomic E-state index is 0.0340. The molecule has 0 saturated heterocycles. The average Bonchev–Trinajstić information content (AvgIpc) is 2.84. The van der Waals surface area contributed by atoms with Crippen molar-refractivity contribution in [2.24, 2.45) is 0 Å². The molecular weight excluding hydrogens is 403 g/mol. The zero-order chi connectivity index (χ0) is 15.6. The largest absolute Gasteiger partial charge is 0.347 e. The van der Waals surface area contributed by atoms with Gasteiger partial charge < -0.3 is 5.32 Å². The summed E-state index contributed by atoms with van der Waals surface area (Å²) < 4.78 is 0.896. The lowest BCUT2D eigenvalue weighted by Crippen LogP contribution is -2.22. The van der Waals surface area contributed by atoms with E-state index in [-0.39, 0.29) is 15.6 Å². The molecule has 0 aliphatic heterocycles. The smallest absolute Gasteiger partial charge is 0.290 e. The second kappa shape index (κ2) is 6.74. The van der Waals surface area contributed by atoms with E-state index in [9.17, 15) is 14.9 Å². The molecule has 2 rings (SSSR count). The van der Waals surface area contributed by atoms with E-state index in [1.807, 2.05) is 11.4 Å². The van der Waals surface area contributed by atoms with Crippen molar-refractivity contribution in [3.63, 3.8) is 0 Å². The standard InChI is InChI=1S/C12H7BrCl2N2O3S/c13-7-1-2-21-10(7)5-16-12(18)6-3-8(14)11(15)9(4-6)17(19)20/h1-4H,5H2,(H,16,18). The molecule has 1 aromatic heterocycles. The lowest BCUT2D eigenvalue weighted by molar-refractivity contribution is -0.384. The van der Waals surface area contributed by atoms with Crippen LogP contribution in [0.5, 0.6) is 0 Å². The summed E-state index contributed by atoms with van der Waals surface area (Å²) in [6, 6.07) is 4.28. The summed E-state index contributed by atoms with van der Waals surface area (Å²) in [7, 11) is 0. The van der Waals surface area contributed by atoms with E-state index in [1.165, 1.54) is 17.4 Å².